The number of hydrogen-bond donors (Lipinski definition) is 0. The van der Waals surface area contributed by atoms with Gasteiger partial charge in [0.1, 0.15) is 6.04 Å². The Balaban J connectivity index is 1.61. The van der Waals surface area contributed by atoms with Gasteiger partial charge in [-0.3, -0.25) is 19.3 Å². The molecule has 1 atom stereocenters. The summed E-state index contributed by atoms with van der Waals surface area (Å²) in [5.41, 5.74) is 0. The smallest absolute Gasteiger partial charge is 0.327 e. The zero-order chi connectivity index (χ0) is 16.7. The van der Waals surface area contributed by atoms with E-state index >= 15 is 0 Å². The number of rotatable bonds is 3. The van der Waals surface area contributed by atoms with Crippen LogP contribution in [0.15, 0.2) is 12.7 Å². The maximum absolute atomic E-state index is 12.5. The Kier molecular flexibility index (Phi) is 3.83. The Morgan fingerprint density at radius 1 is 1.17 bits per heavy atom. The van der Waals surface area contributed by atoms with E-state index in [1.54, 1.807) is 21.6 Å². The lowest BCUT2D eigenvalue weighted by Crippen LogP contribution is -2.61. The number of imide groups is 1. The van der Waals surface area contributed by atoms with Crippen molar-refractivity contribution in [1.82, 2.24) is 19.6 Å². The second kappa shape index (κ2) is 5.68. The molecule has 3 aliphatic heterocycles. The van der Waals surface area contributed by atoms with Gasteiger partial charge in [-0.1, -0.05) is 6.58 Å². The number of nitrogens with zero attached hydrogens (tertiary/aromatic N) is 4. The van der Waals surface area contributed by atoms with Gasteiger partial charge in [0.05, 0.1) is 12.5 Å². The summed E-state index contributed by atoms with van der Waals surface area (Å²) in [7, 11) is 0. The molecule has 1 unspecified atom stereocenters. The summed E-state index contributed by atoms with van der Waals surface area (Å²) < 4.78 is 0. The van der Waals surface area contributed by atoms with Gasteiger partial charge in [-0.05, 0) is 13.0 Å². The van der Waals surface area contributed by atoms with Crippen LogP contribution in [-0.4, -0.2) is 88.7 Å². The highest BCUT2D eigenvalue weighted by Crippen LogP contribution is 2.25. The molecule has 3 heterocycles. The molecule has 0 N–H and O–H groups in total. The highest BCUT2D eigenvalue weighted by atomic mass is 16.2. The topological polar surface area (TPSA) is 81.2 Å². The molecule has 3 fully saturated rings. The molecule has 8 heteroatoms. The Bertz CT molecular complexity index is 584. The molecule has 5 amide bonds. The lowest BCUT2D eigenvalue weighted by molar-refractivity contribution is -0.148. The molecular weight excluding hydrogens is 300 g/mol. The molecule has 0 aromatic rings. The van der Waals surface area contributed by atoms with Crippen LogP contribution < -0.4 is 0 Å². The van der Waals surface area contributed by atoms with Crippen LogP contribution in [-0.2, 0) is 14.4 Å². The molecule has 124 valence electrons. The molecule has 3 rings (SSSR count). The van der Waals surface area contributed by atoms with E-state index in [1.165, 1.54) is 11.0 Å². The number of hydrogen-bond acceptors (Lipinski definition) is 4. The van der Waals surface area contributed by atoms with Crippen molar-refractivity contribution in [2.75, 3.05) is 39.3 Å². The number of likely N-dealkylation sites (N-methyl/N-ethyl adjacent to an activating group) is 1. The van der Waals surface area contributed by atoms with Crippen molar-refractivity contribution in [2.45, 2.75) is 13.0 Å². The first kappa shape index (κ1) is 15.5. The van der Waals surface area contributed by atoms with Gasteiger partial charge in [0.2, 0.25) is 11.8 Å². The minimum atomic E-state index is -0.564. The second-order valence-corrected chi connectivity index (χ2v) is 6.00. The lowest BCUT2D eigenvalue weighted by atomic mass is 9.97. The molecule has 0 aliphatic carbocycles. The van der Waals surface area contributed by atoms with Gasteiger partial charge in [-0.15, -0.1) is 0 Å². The molecule has 23 heavy (non-hydrogen) atoms. The van der Waals surface area contributed by atoms with E-state index in [9.17, 15) is 19.2 Å². The van der Waals surface area contributed by atoms with E-state index in [0.717, 1.165) is 0 Å². The molecule has 0 radical (unpaired) electrons. The van der Waals surface area contributed by atoms with Gasteiger partial charge in [-0.2, -0.15) is 0 Å². The molecule has 3 aliphatic rings. The molecule has 0 spiro atoms. The van der Waals surface area contributed by atoms with E-state index in [4.69, 9.17) is 0 Å². The fourth-order valence-electron chi connectivity index (χ4n) is 3.35. The third kappa shape index (κ3) is 2.38. The van der Waals surface area contributed by atoms with E-state index < -0.39 is 6.04 Å². The Morgan fingerprint density at radius 2 is 1.87 bits per heavy atom. The van der Waals surface area contributed by atoms with Crippen LogP contribution in [0, 0.1) is 5.92 Å². The summed E-state index contributed by atoms with van der Waals surface area (Å²) >= 11 is 0. The van der Waals surface area contributed by atoms with Gasteiger partial charge in [0.25, 0.3) is 5.91 Å². The van der Waals surface area contributed by atoms with Gasteiger partial charge >= 0.3 is 6.03 Å². The van der Waals surface area contributed by atoms with E-state index in [0.29, 0.717) is 32.7 Å². The van der Waals surface area contributed by atoms with Crippen molar-refractivity contribution in [3.63, 3.8) is 0 Å². The monoisotopic (exact) mass is 320 g/mol. The van der Waals surface area contributed by atoms with Crippen molar-refractivity contribution < 1.29 is 19.2 Å². The average Bonchev–Trinajstić information content (AvgIpc) is 2.76. The summed E-state index contributed by atoms with van der Waals surface area (Å²) in [5, 5.41) is 0. The van der Waals surface area contributed by atoms with Crippen LogP contribution in [0.5, 0.6) is 0 Å². The van der Waals surface area contributed by atoms with Gasteiger partial charge in [0.15, 0.2) is 0 Å². The van der Waals surface area contributed by atoms with Crippen molar-refractivity contribution in [2.24, 2.45) is 5.92 Å². The van der Waals surface area contributed by atoms with Crippen molar-refractivity contribution in [3.05, 3.63) is 12.7 Å². The van der Waals surface area contributed by atoms with Gasteiger partial charge < -0.3 is 14.7 Å². The predicted octanol–water partition coefficient (Wildman–Crippen LogP) is -0.874. The number of piperazine rings is 1. The molecule has 0 saturated carbocycles. The van der Waals surface area contributed by atoms with Gasteiger partial charge in [-0.25, -0.2) is 4.79 Å². The summed E-state index contributed by atoms with van der Waals surface area (Å²) in [6.45, 7) is 7.36. The van der Waals surface area contributed by atoms with E-state index in [2.05, 4.69) is 6.58 Å². The van der Waals surface area contributed by atoms with Crippen molar-refractivity contribution in [1.29, 1.82) is 0 Å². The van der Waals surface area contributed by atoms with Crippen LogP contribution in [0.3, 0.4) is 0 Å². The fourth-order valence-corrected chi connectivity index (χ4v) is 3.35. The van der Waals surface area contributed by atoms with Crippen LogP contribution >= 0.6 is 0 Å². The number of urea groups is 1. The highest BCUT2D eigenvalue weighted by molar-refractivity contribution is 6.04. The molecule has 0 aromatic heterocycles. The number of likely N-dealkylation sites (tertiary alicyclic amines) is 1. The first-order chi connectivity index (χ1) is 11.0. The standard InChI is InChI=1S/C15H20N4O4/c1-3-12(20)17-7-10(8-17)13(21)16-5-6-19-11(9-16)14(22)18(4-2)15(19)23/h3,10-11H,1,4-9H2,2H3. The van der Waals surface area contributed by atoms with E-state index in [1.807, 2.05) is 0 Å². The third-order valence-corrected chi connectivity index (χ3v) is 4.75. The first-order valence-corrected chi connectivity index (χ1v) is 7.80. The Labute approximate surface area is 134 Å². The van der Waals surface area contributed by atoms with E-state index in [-0.39, 0.29) is 36.2 Å². The van der Waals surface area contributed by atoms with Crippen molar-refractivity contribution in [3.8, 4) is 0 Å². The van der Waals surface area contributed by atoms with Crippen LogP contribution in [0.1, 0.15) is 6.92 Å². The number of amides is 5. The van der Waals surface area contributed by atoms with Crippen LogP contribution in [0.2, 0.25) is 0 Å². The molecule has 3 saturated heterocycles. The first-order valence-electron chi connectivity index (χ1n) is 7.80. The zero-order valence-corrected chi connectivity index (χ0v) is 13.1. The number of carbonyl (C=O) groups is 4. The quantitative estimate of drug-likeness (QED) is 0.500. The maximum atomic E-state index is 12.5. The molecular formula is C15H20N4O4. The fraction of sp³-hybridized carbons (Fsp3) is 0.600. The maximum Gasteiger partial charge on any atom is 0.327 e. The minimum absolute atomic E-state index is 0.0482. The van der Waals surface area contributed by atoms with Crippen molar-refractivity contribution >= 4 is 23.8 Å². The number of carbonyl (C=O) groups excluding carboxylic acids is 4. The predicted molar refractivity (Wildman–Crippen MR) is 80.1 cm³/mol. The van der Waals surface area contributed by atoms with Crippen LogP contribution in [0.25, 0.3) is 0 Å². The SMILES string of the molecule is C=CC(=O)N1CC(C(=O)N2CCN3C(=O)N(CC)C(=O)C3C2)C1. The second-order valence-electron chi connectivity index (χ2n) is 6.00. The zero-order valence-electron chi connectivity index (χ0n) is 13.1. The summed E-state index contributed by atoms with van der Waals surface area (Å²) in [4.78, 5) is 54.2. The molecule has 0 bridgehead atoms. The highest BCUT2D eigenvalue weighted by Gasteiger charge is 2.48. The largest absolute Gasteiger partial charge is 0.338 e. The summed E-state index contributed by atoms with van der Waals surface area (Å²) in [5.74, 6) is -0.672. The third-order valence-electron chi connectivity index (χ3n) is 4.75. The lowest BCUT2D eigenvalue weighted by Gasteiger charge is -2.42. The summed E-state index contributed by atoms with van der Waals surface area (Å²) in [6.07, 6.45) is 1.24. The number of fused-ring (bicyclic) bond motifs is 1. The Morgan fingerprint density at radius 3 is 2.48 bits per heavy atom. The normalized spacial score (nSPS) is 24.7. The van der Waals surface area contributed by atoms with Gasteiger partial charge in [0, 0.05) is 32.7 Å². The Hall–Kier alpha value is -2.38. The molecule has 0 aromatic carbocycles. The average molecular weight is 320 g/mol. The molecule has 8 nitrogen and oxygen atoms in total. The summed E-state index contributed by atoms with van der Waals surface area (Å²) in [6, 6.07) is -0.827. The van der Waals surface area contributed by atoms with Crippen LogP contribution in [0.4, 0.5) is 4.79 Å². The minimum Gasteiger partial charge on any atom is -0.338 e.